The number of hydrogen-bond donors (Lipinski definition) is 2. The van der Waals surface area contributed by atoms with Gasteiger partial charge in [0.1, 0.15) is 11.6 Å². The van der Waals surface area contributed by atoms with Crippen LogP contribution in [0.1, 0.15) is 10.5 Å². The summed E-state index contributed by atoms with van der Waals surface area (Å²) in [6.45, 7) is 0. The van der Waals surface area contributed by atoms with E-state index in [0.29, 0.717) is 0 Å². The maximum Gasteiger partial charge on any atom is 0.354 e. The number of anilines is 1. The molecule has 0 aliphatic heterocycles. The first kappa shape index (κ1) is 13.2. The number of aromatic carboxylic acids is 1. The Bertz CT molecular complexity index is 629. The van der Waals surface area contributed by atoms with Gasteiger partial charge in [-0.25, -0.2) is 19.2 Å². The molecule has 2 rings (SSSR count). The van der Waals surface area contributed by atoms with Crippen LogP contribution in [0.15, 0.2) is 24.3 Å². The summed E-state index contributed by atoms with van der Waals surface area (Å²) in [5.74, 6) is -1.65. The molecule has 5 nitrogen and oxygen atoms in total. The minimum Gasteiger partial charge on any atom is -0.477 e. The van der Waals surface area contributed by atoms with Gasteiger partial charge in [0.15, 0.2) is 11.5 Å². The number of hydrogen-bond acceptors (Lipinski definition) is 4. The summed E-state index contributed by atoms with van der Waals surface area (Å²) in [6, 6.07) is 5.38. The average molecular weight is 282 g/mol. The van der Waals surface area contributed by atoms with Crippen LogP contribution in [0.5, 0.6) is 0 Å². The number of aromatic nitrogens is 2. The van der Waals surface area contributed by atoms with Gasteiger partial charge in [0.25, 0.3) is 0 Å². The third-order valence-corrected chi connectivity index (χ3v) is 2.70. The summed E-state index contributed by atoms with van der Waals surface area (Å²) < 4.78 is 13.8. The number of benzene rings is 1. The van der Waals surface area contributed by atoms with Gasteiger partial charge >= 0.3 is 5.97 Å². The van der Waals surface area contributed by atoms with Crippen molar-refractivity contribution in [1.82, 2.24) is 9.97 Å². The van der Waals surface area contributed by atoms with Crippen LogP contribution >= 0.6 is 11.6 Å². The Labute approximate surface area is 113 Å². The summed E-state index contributed by atoms with van der Waals surface area (Å²) >= 11 is 5.90. The topological polar surface area (TPSA) is 75.1 Å². The van der Waals surface area contributed by atoms with E-state index >= 15 is 0 Å². The van der Waals surface area contributed by atoms with E-state index in [4.69, 9.17) is 16.7 Å². The fraction of sp³-hybridized carbons (Fsp3) is 0.0833. The molecule has 0 saturated heterocycles. The third kappa shape index (κ3) is 2.63. The van der Waals surface area contributed by atoms with E-state index in [9.17, 15) is 9.18 Å². The molecule has 0 radical (unpaired) electrons. The van der Waals surface area contributed by atoms with Crippen LogP contribution in [0, 0.1) is 5.82 Å². The van der Waals surface area contributed by atoms with Crippen molar-refractivity contribution in [3.05, 3.63) is 40.8 Å². The zero-order valence-corrected chi connectivity index (χ0v) is 10.6. The van der Waals surface area contributed by atoms with Gasteiger partial charge in [0.2, 0.25) is 0 Å². The van der Waals surface area contributed by atoms with Gasteiger partial charge in [0, 0.05) is 13.1 Å². The molecule has 7 heteroatoms. The van der Waals surface area contributed by atoms with Crippen molar-refractivity contribution in [2.45, 2.75) is 0 Å². The lowest BCUT2D eigenvalue weighted by molar-refractivity contribution is 0.0690. The zero-order chi connectivity index (χ0) is 14.0. The van der Waals surface area contributed by atoms with Crippen molar-refractivity contribution in [1.29, 1.82) is 0 Å². The molecule has 0 atom stereocenters. The molecule has 0 fully saturated rings. The number of carbonyl (C=O) groups is 1. The lowest BCUT2D eigenvalue weighted by Crippen LogP contribution is -2.06. The van der Waals surface area contributed by atoms with Crippen molar-refractivity contribution in [2.75, 3.05) is 12.4 Å². The van der Waals surface area contributed by atoms with E-state index in [1.54, 1.807) is 7.05 Å². The molecule has 0 unspecified atom stereocenters. The normalized spacial score (nSPS) is 10.3. The lowest BCUT2D eigenvalue weighted by atomic mass is 10.2. The number of rotatable bonds is 3. The van der Waals surface area contributed by atoms with E-state index < -0.39 is 11.8 Å². The van der Waals surface area contributed by atoms with Gasteiger partial charge in [-0.05, 0) is 12.1 Å². The van der Waals surface area contributed by atoms with E-state index in [-0.39, 0.29) is 27.9 Å². The van der Waals surface area contributed by atoms with Gasteiger partial charge in [0.05, 0.1) is 10.6 Å². The summed E-state index contributed by atoms with van der Waals surface area (Å²) in [5.41, 5.74) is -0.266. The van der Waals surface area contributed by atoms with E-state index in [1.165, 1.54) is 24.3 Å². The molecular formula is C12H9ClFN3O2. The Morgan fingerprint density at radius 1 is 1.42 bits per heavy atom. The third-order valence-electron chi connectivity index (χ3n) is 2.39. The second-order valence-corrected chi connectivity index (χ2v) is 4.02. The number of nitrogens with zero attached hydrogens (tertiary/aromatic N) is 2. The van der Waals surface area contributed by atoms with Crippen LogP contribution in [0.2, 0.25) is 5.02 Å². The molecule has 0 saturated carbocycles. The highest BCUT2D eigenvalue weighted by atomic mass is 35.5. The molecule has 1 heterocycles. The fourth-order valence-electron chi connectivity index (χ4n) is 1.51. The Kier molecular flexibility index (Phi) is 3.62. The number of carboxylic acids is 1. The van der Waals surface area contributed by atoms with Gasteiger partial charge in [-0.1, -0.05) is 17.7 Å². The van der Waals surface area contributed by atoms with Crippen molar-refractivity contribution < 1.29 is 14.3 Å². The van der Waals surface area contributed by atoms with E-state index in [2.05, 4.69) is 15.3 Å². The minimum atomic E-state index is -1.23. The molecule has 0 aliphatic rings. The molecule has 0 bridgehead atoms. The molecule has 0 amide bonds. The summed E-state index contributed by atoms with van der Waals surface area (Å²) in [4.78, 5) is 18.8. The molecule has 2 aromatic rings. The van der Waals surface area contributed by atoms with E-state index in [1.807, 2.05) is 0 Å². The maximum atomic E-state index is 13.8. The minimum absolute atomic E-state index is 0.0243. The molecule has 98 valence electrons. The highest BCUT2D eigenvalue weighted by Gasteiger charge is 2.16. The first-order chi connectivity index (χ1) is 9.02. The molecular weight excluding hydrogens is 273 g/mol. The lowest BCUT2D eigenvalue weighted by Gasteiger charge is -2.07. The Hall–Kier alpha value is -2.21. The summed E-state index contributed by atoms with van der Waals surface area (Å²) in [5, 5.41) is 11.8. The van der Waals surface area contributed by atoms with Crippen molar-refractivity contribution in [3.63, 3.8) is 0 Å². The quantitative estimate of drug-likeness (QED) is 0.905. The highest BCUT2D eigenvalue weighted by Crippen LogP contribution is 2.28. The number of halogens is 2. The molecule has 1 aromatic carbocycles. The van der Waals surface area contributed by atoms with E-state index in [0.717, 1.165) is 0 Å². The molecule has 0 spiro atoms. The van der Waals surface area contributed by atoms with Crippen molar-refractivity contribution in [2.24, 2.45) is 0 Å². The Morgan fingerprint density at radius 2 is 2.16 bits per heavy atom. The van der Waals surface area contributed by atoms with Crippen LogP contribution < -0.4 is 5.32 Å². The van der Waals surface area contributed by atoms with Gasteiger partial charge in [-0.15, -0.1) is 0 Å². The Morgan fingerprint density at radius 3 is 2.74 bits per heavy atom. The van der Waals surface area contributed by atoms with Crippen LogP contribution in [-0.2, 0) is 0 Å². The maximum absolute atomic E-state index is 13.8. The second-order valence-electron chi connectivity index (χ2n) is 3.61. The monoisotopic (exact) mass is 281 g/mol. The van der Waals surface area contributed by atoms with Crippen LogP contribution in [-0.4, -0.2) is 28.1 Å². The SMILES string of the molecule is CNc1cc(C(=O)O)nc(-c2c(F)cccc2Cl)n1. The van der Waals surface area contributed by atoms with Gasteiger partial charge in [-0.2, -0.15) is 0 Å². The first-order valence-corrected chi connectivity index (χ1v) is 5.65. The van der Waals surface area contributed by atoms with Crippen molar-refractivity contribution in [3.8, 4) is 11.4 Å². The van der Waals surface area contributed by atoms with Crippen molar-refractivity contribution >= 4 is 23.4 Å². The molecule has 0 aliphatic carbocycles. The fourth-order valence-corrected chi connectivity index (χ4v) is 1.76. The highest BCUT2D eigenvalue weighted by molar-refractivity contribution is 6.33. The number of nitrogens with one attached hydrogen (secondary N) is 1. The van der Waals surface area contributed by atoms with Crippen LogP contribution in [0.25, 0.3) is 11.4 Å². The second kappa shape index (κ2) is 5.19. The Balaban J connectivity index is 2.68. The first-order valence-electron chi connectivity index (χ1n) is 5.27. The van der Waals surface area contributed by atoms with Gasteiger partial charge in [-0.3, -0.25) is 0 Å². The summed E-state index contributed by atoms with van der Waals surface area (Å²) in [7, 11) is 1.57. The molecule has 2 N–H and O–H groups in total. The standard InChI is InChI=1S/C12H9ClFN3O2/c1-15-9-5-8(12(18)19)16-11(17-9)10-6(13)3-2-4-7(10)14/h2-5H,1H3,(H,18,19)(H,15,16,17). The average Bonchev–Trinajstić information content (AvgIpc) is 2.38. The predicted octanol–water partition coefficient (Wildman–Crippen LogP) is 2.68. The smallest absolute Gasteiger partial charge is 0.354 e. The largest absolute Gasteiger partial charge is 0.477 e. The zero-order valence-electron chi connectivity index (χ0n) is 9.82. The number of carboxylic acid groups (broad SMARTS) is 1. The van der Waals surface area contributed by atoms with Crippen LogP contribution in [0.4, 0.5) is 10.2 Å². The summed E-state index contributed by atoms with van der Waals surface area (Å²) in [6.07, 6.45) is 0. The molecule has 19 heavy (non-hydrogen) atoms. The predicted molar refractivity (Wildman–Crippen MR) is 68.9 cm³/mol. The van der Waals surface area contributed by atoms with Crippen LogP contribution in [0.3, 0.4) is 0 Å². The van der Waals surface area contributed by atoms with Gasteiger partial charge < -0.3 is 10.4 Å². The molecule has 1 aromatic heterocycles.